The molecule has 29 heavy (non-hydrogen) atoms. The molecule has 144 valence electrons. The molecule has 0 aliphatic carbocycles. The number of rotatable bonds is 4. The molecule has 0 bridgehead atoms. The first-order valence-corrected chi connectivity index (χ1v) is 9.21. The van der Waals surface area contributed by atoms with Crippen molar-refractivity contribution in [2.75, 3.05) is 5.32 Å². The quantitative estimate of drug-likeness (QED) is 0.381. The second kappa shape index (κ2) is 7.72. The molecule has 4 aromatic rings. The van der Waals surface area contributed by atoms with Crippen molar-refractivity contribution >= 4 is 39.1 Å². The second-order valence-electron chi connectivity index (χ2n) is 6.74. The lowest BCUT2D eigenvalue weighted by molar-refractivity contribution is -0.123. The molecule has 4 aromatic carbocycles. The van der Waals surface area contributed by atoms with Crippen molar-refractivity contribution in [3.05, 3.63) is 90.2 Å². The van der Waals surface area contributed by atoms with E-state index in [1.165, 1.54) is 31.2 Å². The number of hydrogen-bond acceptors (Lipinski definition) is 3. The van der Waals surface area contributed by atoms with Gasteiger partial charge >= 0.3 is 5.97 Å². The molecule has 0 heterocycles. The van der Waals surface area contributed by atoms with Crippen LogP contribution in [0.25, 0.3) is 21.5 Å². The van der Waals surface area contributed by atoms with Gasteiger partial charge in [0.2, 0.25) is 0 Å². The standard InChI is InChI=1S/C24H18FNO3/c1-15(23(27)26-19-12-10-18(25)11-13-19)29-24(28)22-20-8-4-2-6-16(20)14-17-7-3-5-9-21(17)22/h2-15H,1H3,(H,26,27)/t15-/m1/s1. The van der Waals surface area contributed by atoms with Gasteiger partial charge in [0.05, 0.1) is 5.56 Å². The number of anilines is 1. The number of carbonyl (C=O) groups is 2. The summed E-state index contributed by atoms with van der Waals surface area (Å²) >= 11 is 0. The largest absolute Gasteiger partial charge is 0.449 e. The van der Waals surface area contributed by atoms with Gasteiger partial charge in [0, 0.05) is 5.69 Å². The lowest BCUT2D eigenvalue weighted by Gasteiger charge is -2.16. The van der Waals surface area contributed by atoms with Gasteiger partial charge in [-0.1, -0.05) is 48.5 Å². The van der Waals surface area contributed by atoms with Crippen molar-refractivity contribution in [2.45, 2.75) is 13.0 Å². The third-order valence-corrected chi connectivity index (χ3v) is 4.74. The molecule has 0 spiro atoms. The van der Waals surface area contributed by atoms with Crippen molar-refractivity contribution in [3.63, 3.8) is 0 Å². The van der Waals surface area contributed by atoms with E-state index in [0.29, 0.717) is 11.3 Å². The predicted molar refractivity (Wildman–Crippen MR) is 111 cm³/mol. The highest BCUT2D eigenvalue weighted by molar-refractivity contribution is 6.17. The zero-order valence-electron chi connectivity index (χ0n) is 15.7. The Bertz CT molecular complexity index is 1160. The summed E-state index contributed by atoms with van der Waals surface area (Å²) in [6.07, 6.45) is -1.02. The zero-order valence-corrected chi connectivity index (χ0v) is 15.7. The van der Waals surface area contributed by atoms with Crippen molar-refractivity contribution < 1.29 is 18.7 Å². The number of hydrogen-bond donors (Lipinski definition) is 1. The first kappa shape index (κ1) is 18.6. The van der Waals surface area contributed by atoms with Crippen LogP contribution >= 0.6 is 0 Å². The average molecular weight is 387 g/mol. The highest BCUT2D eigenvalue weighted by Gasteiger charge is 2.22. The summed E-state index contributed by atoms with van der Waals surface area (Å²) in [6.45, 7) is 1.50. The Balaban J connectivity index is 1.62. The van der Waals surface area contributed by atoms with E-state index in [-0.39, 0.29) is 0 Å². The van der Waals surface area contributed by atoms with Crippen molar-refractivity contribution in [1.29, 1.82) is 0 Å². The minimum Gasteiger partial charge on any atom is -0.449 e. The fourth-order valence-electron chi connectivity index (χ4n) is 3.28. The summed E-state index contributed by atoms with van der Waals surface area (Å²) in [6, 6.07) is 22.5. The average Bonchev–Trinajstić information content (AvgIpc) is 2.73. The number of fused-ring (bicyclic) bond motifs is 2. The summed E-state index contributed by atoms with van der Waals surface area (Å²) in [4.78, 5) is 25.4. The van der Waals surface area contributed by atoms with E-state index >= 15 is 0 Å². The normalized spacial score (nSPS) is 11.9. The third kappa shape index (κ3) is 3.80. The van der Waals surface area contributed by atoms with Crippen LogP contribution in [-0.2, 0) is 9.53 Å². The molecule has 0 fully saturated rings. The Morgan fingerprint density at radius 3 is 2.00 bits per heavy atom. The molecular weight excluding hydrogens is 369 g/mol. The molecule has 0 unspecified atom stereocenters. The van der Waals surface area contributed by atoms with Crippen LogP contribution < -0.4 is 5.32 Å². The van der Waals surface area contributed by atoms with Gasteiger partial charge in [-0.25, -0.2) is 9.18 Å². The highest BCUT2D eigenvalue weighted by Crippen LogP contribution is 2.29. The van der Waals surface area contributed by atoms with E-state index < -0.39 is 23.8 Å². The fraction of sp³-hybridized carbons (Fsp3) is 0.0833. The summed E-state index contributed by atoms with van der Waals surface area (Å²) in [5, 5.41) is 5.99. The van der Waals surface area contributed by atoms with E-state index in [4.69, 9.17) is 4.74 Å². The lowest BCUT2D eigenvalue weighted by atomic mass is 9.97. The number of benzene rings is 4. The van der Waals surface area contributed by atoms with Gasteiger partial charge in [0.1, 0.15) is 5.82 Å². The Hall–Kier alpha value is -3.73. The van der Waals surface area contributed by atoms with Crippen LogP contribution in [0.1, 0.15) is 17.3 Å². The number of nitrogens with one attached hydrogen (secondary N) is 1. The summed E-state index contributed by atoms with van der Waals surface area (Å²) in [5.74, 6) is -1.46. The Labute approximate surface area is 166 Å². The zero-order chi connectivity index (χ0) is 20.4. The van der Waals surface area contributed by atoms with Gasteiger partial charge in [-0.2, -0.15) is 0 Å². The maximum Gasteiger partial charge on any atom is 0.340 e. The van der Waals surface area contributed by atoms with Crippen molar-refractivity contribution in [1.82, 2.24) is 0 Å². The third-order valence-electron chi connectivity index (χ3n) is 4.74. The Kier molecular flexibility index (Phi) is 4.96. The molecule has 1 amide bonds. The molecular formula is C24H18FNO3. The van der Waals surface area contributed by atoms with Crippen LogP contribution in [0.4, 0.5) is 10.1 Å². The van der Waals surface area contributed by atoms with E-state index in [9.17, 15) is 14.0 Å². The first-order chi connectivity index (χ1) is 14.0. The highest BCUT2D eigenvalue weighted by atomic mass is 19.1. The molecule has 1 N–H and O–H groups in total. The maximum atomic E-state index is 13.0. The number of carbonyl (C=O) groups excluding carboxylic acids is 2. The van der Waals surface area contributed by atoms with Gasteiger partial charge < -0.3 is 10.1 Å². The van der Waals surface area contributed by atoms with Crippen LogP contribution in [0, 0.1) is 5.82 Å². The molecule has 0 saturated heterocycles. The van der Waals surface area contributed by atoms with Crippen LogP contribution in [0.3, 0.4) is 0 Å². The first-order valence-electron chi connectivity index (χ1n) is 9.21. The van der Waals surface area contributed by atoms with Crippen LogP contribution in [-0.4, -0.2) is 18.0 Å². The van der Waals surface area contributed by atoms with E-state index in [2.05, 4.69) is 5.32 Å². The summed E-state index contributed by atoms with van der Waals surface area (Å²) in [7, 11) is 0. The molecule has 5 heteroatoms. The Morgan fingerprint density at radius 2 is 1.41 bits per heavy atom. The second-order valence-corrected chi connectivity index (χ2v) is 6.74. The molecule has 4 nitrogen and oxygen atoms in total. The molecule has 0 aliphatic rings. The minimum absolute atomic E-state index is 0.398. The van der Waals surface area contributed by atoms with Crippen molar-refractivity contribution in [3.8, 4) is 0 Å². The Morgan fingerprint density at radius 1 is 0.862 bits per heavy atom. The van der Waals surface area contributed by atoms with Crippen LogP contribution in [0.5, 0.6) is 0 Å². The molecule has 0 saturated carbocycles. The molecule has 4 rings (SSSR count). The lowest BCUT2D eigenvalue weighted by Crippen LogP contribution is -2.30. The van der Waals surface area contributed by atoms with Gasteiger partial charge in [-0.3, -0.25) is 4.79 Å². The predicted octanol–water partition coefficient (Wildman–Crippen LogP) is 5.32. The van der Waals surface area contributed by atoms with Gasteiger partial charge in [0.15, 0.2) is 6.10 Å². The smallest absolute Gasteiger partial charge is 0.340 e. The number of amides is 1. The van der Waals surface area contributed by atoms with Crippen LogP contribution in [0.15, 0.2) is 78.9 Å². The maximum absolute atomic E-state index is 13.0. The molecule has 0 aliphatic heterocycles. The monoisotopic (exact) mass is 387 g/mol. The summed E-state index contributed by atoms with van der Waals surface area (Å²) in [5.41, 5.74) is 0.857. The van der Waals surface area contributed by atoms with Gasteiger partial charge in [-0.15, -0.1) is 0 Å². The number of halogens is 1. The minimum atomic E-state index is -1.02. The van der Waals surface area contributed by atoms with E-state index in [0.717, 1.165) is 21.5 Å². The fourth-order valence-corrected chi connectivity index (χ4v) is 3.28. The summed E-state index contributed by atoms with van der Waals surface area (Å²) < 4.78 is 18.5. The van der Waals surface area contributed by atoms with Gasteiger partial charge in [-0.05, 0) is 58.8 Å². The topological polar surface area (TPSA) is 55.4 Å². The SMILES string of the molecule is C[C@@H](OC(=O)c1c2ccccc2cc2ccccc12)C(=O)Nc1ccc(F)cc1. The van der Waals surface area contributed by atoms with Gasteiger partial charge in [0.25, 0.3) is 5.91 Å². The molecule has 1 atom stereocenters. The number of ether oxygens (including phenoxy) is 1. The van der Waals surface area contributed by atoms with Crippen molar-refractivity contribution in [2.24, 2.45) is 0 Å². The van der Waals surface area contributed by atoms with E-state index in [1.54, 1.807) is 0 Å². The molecule has 0 aromatic heterocycles. The van der Waals surface area contributed by atoms with E-state index in [1.807, 2.05) is 54.6 Å². The van der Waals surface area contributed by atoms with Crippen LogP contribution in [0.2, 0.25) is 0 Å². The molecule has 0 radical (unpaired) electrons. The number of esters is 1.